The summed E-state index contributed by atoms with van der Waals surface area (Å²) in [6.07, 6.45) is 4.81. The number of rotatable bonds is 6. The molecule has 1 heterocycles. The molecule has 112 valence electrons. The number of hydrogen-bond donors (Lipinski definition) is 1. The van der Waals surface area contributed by atoms with Crippen molar-refractivity contribution in [2.75, 3.05) is 13.7 Å². The zero-order valence-electron chi connectivity index (χ0n) is 12.7. The number of pyridine rings is 1. The SMILES string of the molecule is CCCNC(c1cncc(Br)c1)c1ccc(OC)c(C)c1. The zero-order valence-corrected chi connectivity index (χ0v) is 14.3. The smallest absolute Gasteiger partial charge is 0.121 e. The molecule has 0 aliphatic heterocycles. The van der Waals surface area contributed by atoms with Gasteiger partial charge in [0.25, 0.3) is 0 Å². The van der Waals surface area contributed by atoms with Gasteiger partial charge in [0.2, 0.25) is 0 Å². The van der Waals surface area contributed by atoms with Gasteiger partial charge in [0.1, 0.15) is 5.75 Å². The molecular weight excluding hydrogens is 328 g/mol. The number of hydrogen-bond acceptors (Lipinski definition) is 3. The molecule has 1 aromatic heterocycles. The molecule has 0 spiro atoms. The summed E-state index contributed by atoms with van der Waals surface area (Å²) >= 11 is 3.50. The molecule has 0 saturated heterocycles. The topological polar surface area (TPSA) is 34.2 Å². The normalized spacial score (nSPS) is 12.2. The van der Waals surface area contributed by atoms with E-state index in [0.717, 1.165) is 34.3 Å². The average Bonchev–Trinajstić information content (AvgIpc) is 2.48. The molecule has 21 heavy (non-hydrogen) atoms. The lowest BCUT2D eigenvalue weighted by Crippen LogP contribution is -2.23. The second kappa shape index (κ2) is 7.57. The summed E-state index contributed by atoms with van der Waals surface area (Å²) in [5, 5.41) is 3.59. The van der Waals surface area contributed by atoms with Crippen LogP contribution in [0.25, 0.3) is 0 Å². The van der Waals surface area contributed by atoms with Crippen molar-refractivity contribution in [2.45, 2.75) is 26.3 Å². The van der Waals surface area contributed by atoms with Crippen LogP contribution >= 0.6 is 15.9 Å². The molecule has 2 rings (SSSR count). The minimum absolute atomic E-state index is 0.138. The summed E-state index contributed by atoms with van der Waals surface area (Å²) in [6, 6.07) is 8.56. The van der Waals surface area contributed by atoms with Crippen molar-refractivity contribution in [1.29, 1.82) is 0 Å². The predicted octanol–water partition coefficient (Wildman–Crippen LogP) is 4.25. The first kappa shape index (κ1) is 16.0. The van der Waals surface area contributed by atoms with Crippen LogP contribution in [0, 0.1) is 6.92 Å². The molecule has 0 aliphatic carbocycles. The van der Waals surface area contributed by atoms with Crippen LogP contribution < -0.4 is 10.1 Å². The van der Waals surface area contributed by atoms with E-state index in [9.17, 15) is 0 Å². The van der Waals surface area contributed by atoms with Crippen molar-refractivity contribution < 1.29 is 4.74 Å². The summed E-state index contributed by atoms with van der Waals surface area (Å²) in [7, 11) is 1.70. The molecule has 0 fully saturated rings. The third-order valence-electron chi connectivity index (χ3n) is 3.41. The first-order valence-corrected chi connectivity index (χ1v) is 7.93. The van der Waals surface area contributed by atoms with E-state index in [1.165, 1.54) is 5.56 Å². The largest absolute Gasteiger partial charge is 0.496 e. The van der Waals surface area contributed by atoms with E-state index >= 15 is 0 Å². The Bertz CT molecular complexity index is 601. The molecule has 0 bridgehead atoms. The Morgan fingerprint density at radius 2 is 2.05 bits per heavy atom. The van der Waals surface area contributed by atoms with Gasteiger partial charge in [-0.25, -0.2) is 0 Å². The molecule has 0 amide bonds. The van der Waals surface area contributed by atoms with Crippen molar-refractivity contribution in [1.82, 2.24) is 10.3 Å². The van der Waals surface area contributed by atoms with Gasteiger partial charge in [-0.2, -0.15) is 0 Å². The van der Waals surface area contributed by atoms with E-state index in [1.807, 2.05) is 12.3 Å². The Kier molecular flexibility index (Phi) is 5.76. The highest BCUT2D eigenvalue weighted by atomic mass is 79.9. The Balaban J connectivity index is 2.37. The van der Waals surface area contributed by atoms with Crippen LogP contribution in [0.1, 0.15) is 36.1 Å². The fourth-order valence-corrected chi connectivity index (χ4v) is 2.77. The summed E-state index contributed by atoms with van der Waals surface area (Å²) in [5.74, 6) is 0.917. The second-order valence-corrected chi connectivity index (χ2v) is 5.97. The maximum absolute atomic E-state index is 5.35. The number of methoxy groups -OCH3 is 1. The highest BCUT2D eigenvalue weighted by Crippen LogP contribution is 2.27. The first-order valence-electron chi connectivity index (χ1n) is 7.14. The minimum atomic E-state index is 0.138. The van der Waals surface area contributed by atoms with Crippen LogP contribution in [0.4, 0.5) is 0 Å². The maximum atomic E-state index is 5.35. The van der Waals surface area contributed by atoms with Crippen molar-refractivity contribution in [3.63, 3.8) is 0 Å². The molecule has 3 nitrogen and oxygen atoms in total. The van der Waals surface area contributed by atoms with Crippen LogP contribution in [0.3, 0.4) is 0 Å². The van der Waals surface area contributed by atoms with Crippen LogP contribution in [-0.2, 0) is 0 Å². The number of aromatic nitrogens is 1. The molecule has 1 atom stereocenters. The summed E-state index contributed by atoms with van der Waals surface area (Å²) in [6.45, 7) is 5.20. The third kappa shape index (κ3) is 4.05. The number of ether oxygens (including phenoxy) is 1. The molecular formula is C17H21BrN2O. The van der Waals surface area contributed by atoms with Gasteiger partial charge in [-0.1, -0.05) is 19.1 Å². The lowest BCUT2D eigenvalue weighted by atomic mass is 9.98. The molecule has 4 heteroatoms. The van der Waals surface area contributed by atoms with Gasteiger partial charge in [-0.3, -0.25) is 4.98 Å². The fraction of sp³-hybridized carbons (Fsp3) is 0.353. The number of benzene rings is 1. The van der Waals surface area contributed by atoms with E-state index < -0.39 is 0 Å². The van der Waals surface area contributed by atoms with Crippen LogP contribution in [-0.4, -0.2) is 18.6 Å². The zero-order chi connectivity index (χ0) is 15.2. The molecule has 0 radical (unpaired) electrons. The van der Waals surface area contributed by atoms with Gasteiger partial charge in [-0.05, 0) is 64.6 Å². The van der Waals surface area contributed by atoms with Crippen LogP contribution in [0.2, 0.25) is 0 Å². The highest BCUT2D eigenvalue weighted by molar-refractivity contribution is 9.10. The van der Waals surface area contributed by atoms with E-state index in [4.69, 9.17) is 4.74 Å². The Morgan fingerprint density at radius 1 is 1.24 bits per heavy atom. The molecule has 0 aliphatic rings. The quantitative estimate of drug-likeness (QED) is 0.847. The highest BCUT2D eigenvalue weighted by Gasteiger charge is 2.15. The average molecular weight is 349 g/mol. The van der Waals surface area contributed by atoms with Gasteiger partial charge in [-0.15, -0.1) is 0 Å². The van der Waals surface area contributed by atoms with E-state index in [-0.39, 0.29) is 6.04 Å². The number of nitrogens with one attached hydrogen (secondary N) is 1. The van der Waals surface area contributed by atoms with Gasteiger partial charge in [0, 0.05) is 16.9 Å². The first-order chi connectivity index (χ1) is 10.2. The van der Waals surface area contributed by atoms with Crippen molar-refractivity contribution >= 4 is 15.9 Å². The lowest BCUT2D eigenvalue weighted by molar-refractivity contribution is 0.411. The summed E-state index contributed by atoms with van der Waals surface area (Å²) < 4.78 is 6.34. The molecule has 1 unspecified atom stereocenters. The van der Waals surface area contributed by atoms with E-state index in [2.05, 4.69) is 58.3 Å². The predicted molar refractivity (Wildman–Crippen MR) is 89.8 cm³/mol. The molecule has 1 N–H and O–H groups in total. The Labute approximate surface area is 134 Å². The van der Waals surface area contributed by atoms with Gasteiger partial charge in [0.15, 0.2) is 0 Å². The van der Waals surface area contributed by atoms with E-state index in [1.54, 1.807) is 13.3 Å². The second-order valence-electron chi connectivity index (χ2n) is 5.05. The third-order valence-corrected chi connectivity index (χ3v) is 3.84. The summed E-state index contributed by atoms with van der Waals surface area (Å²) in [4.78, 5) is 4.28. The van der Waals surface area contributed by atoms with Crippen LogP contribution in [0.5, 0.6) is 5.75 Å². The monoisotopic (exact) mass is 348 g/mol. The number of halogens is 1. The Morgan fingerprint density at radius 3 is 2.67 bits per heavy atom. The molecule has 2 aromatic rings. The van der Waals surface area contributed by atoms with Crippen molar-refractivity contribution in [2.24, 2.45) is 0 Å². The van der Waals surface area contributed by atoms with E-state index in [0.29, 0.717) is 0 Å². The van der Waals surface area contributed by atoms with Crippen molar-refractivity contribution in [3.8, 4) is 5.75 Å². The fourth-order valence-electron chi connectivity index (χ4n) is 2.38. The minimum Gasteiger partial charge on any atom is -0.496 e. The van der Waals surface area contributed by atoms with Gasteiger partial charge in [0.05, 0.1) is 13.2 Å². The Hall–Kier alpha value is -1.39. The standard InChI is InChI=1S/C17H21BrN2O/c1-4-7-20-17(14-9-15(18)11-19-10-14)13-5-6-16(21-3)12(2)8-13/h5-6,8-11,17,20H,4,7H2,1-3H3. The maximum Gasteiger partial charge on any atom is 0.121 e. The van der Waals surface area contributed by atoms with Crippen LogP contribution in [0.15, 0.2) is 41.1 Å². The van der Waals surface area contributed by atoms with Gasteiger partial charge >= 0.3 is 0 Å². The van der Waals surface area contributed by atoms with Crippen molar-refractivity contribution in [3.05, 3.63) is 57.8 Å². The summed E-state index contributed by atoms with van der Waals surface area (Å²) in [5.41, 5.74) is 3.52. The number of aryl methyl sites for hydroxylation is 1. The number of nitrogens with zero attached hydrogens (tertiary/aromatic N) is 1. The molecule has 0 saturated carbocycles. The lowest BCUT2D eigenvalue weighted by Gasteiger charge is -2.20. The van der Waals surface area contributed by atoms with Gasteiger partial charge < -0.3 is 10.1 Å². The molecule has 1 aromatic carbocycles.